The van der Waals surface area contributed by atoms with Gasteiger partial charge in [-0.15, -0.1) is 0 Å². The van der Waals surface area contributed by atoms with E-state index in [1.165, 1.54) is 29.2 Å². The predicted octanol–water partition coefficient (Wildman–Crippen LogP) is 3.98. The molecule has 0 spiro atoms. The molecule has 178 valence electrons. The van der Waals surface area contributed by atoms with E-state index in [1.807, 2.05) is 13.8 Å². The lowest BCUT2D eigenvalue weighted by molar-refractivity contribution is -0.137. The first-order valence-electron chi connectivity index (χ1n) is 10.6. The van der Waals surface area contributed by atoms with E-state index in [0.29, 0.717) is 25.2 Å². The number of piperazine rings is 1. The van der Waals surface area contributed by atoms with E-state index >= 15 is 0 Å². The topological polar surface area (TPSA) is 76.1 Å². The van der Waals surface area contributed by atoms with Crippen LogP contribution in [0.2, 0.25) is 0 Å². The molecule has 0 aromatic heterocycles. The maximum Gasteiger partial charge on any atom is 0.416 e. The lowest BCUT2D eigenvalue weighted by atomic mass is 10.1. The summed E-state index contributed by atoms with van der Waals surface area (Å²) in [6.45, 7) is 6.56. The van der Waals surface area contributed by atoms with Gasteiger partial charge < -0.3 is 4.90 Å². The second-order valence-corrected chi connectivity index (χ2v) is 7.98. The number of benzene rings is 2. The van der Waals surface area contributed by atoms with E-state index in [-0.39, 0.29) is 29.9 Å². The van der Waals surface area contributed by atoms with Crippen molar-refractivity contribution in [1.29, 1.82) is 0 Å². The average molecular weight is 464 g/mol. The summed E-state index contributed by atoms with van der Waals surface area (Å²) in [5, 5.41) is 8.76. The number of nitrogens with one attached hydrogen (secondary N) is 1. The molecule has 3 amide bonds. The molecule has 7 nitrogen and oxygen atoms in total. The largest absolute Gasteiger partial charge is 0.416 e. The van der Waals surface area contributed by atoms with Crippen LogP contribution >= 0.6 is 0 Å². The summed E-state index contributed by atoms with van der Waals surface area (Å²) in [7, 11) is 0. The first-order chi connectivity index (χ1) is 15.6. The minimum absolute atomic E-state index is 0.0174. The third-order valence-corrected chi connectivity index (χ3v) is 5.82. The van der Waals surface area contributed by atoms with Crippen LogP contribution in [0.15, 0.2) is 48.5 Å². The summed E-state index contributed by atoms with van der Waals surface area (Å²) in [4.78, 5) is 30.3. The first kappa shape index (κ1) is 24.5. The highest BCUT2D eigenvalue weighted by Gasteiger charge is 2.33. The molecular weight excluding hydrogens is 437 g/mol. The van der Waals surface area contributed by atoms with Gasteiger partial charge in [-0.25, -0.2) is 10.3 Å². The van der Waals surface area contributed by atoms with Crippen LogP contribution in [0.3, 0.4) is 0 Å². The SMILES string of the molecule is CCN1CCN(C(=O)N(Cc2ccc(C(=O)NO)cc2)c2cccc(C(F)(F)F)c2)C[C@@H]1C. The number of nitrogens with zero attached hydrogens (tertiary/aromatic N) is 3. The van der Waals surface area contributed by atoms with Crippen LogP contribution in [0, 0.1) is 0 Å². The lowest BCUT2D eigenvalue weighted by Gasteiger charge is -2.41. The van der Waals surface area contributed by atoms with E-state index in [4.69, 9.17) is 5.21 Å². The minimum atomic E-state index is -4.54. The Morgan fingerprint density at radius 2 is 1.85 bits per heavy atom. The summed E-state index contributed by atoms with van der Waals surface area (Å²) >= 11 is 0. The molecular formula is C23H27F3N4O3. The van der Waals surface area contributed by atoms with Gasteiger partial charge in [0.25, 0.3) is 5.91 Å². The van der Waals surface area contributed by atoms with Crippen molar-refractivity contribution < 1.29 is 28.0 Å². The zero-order valence-corrected chi connectivity index (χ0v) is 18.5. The van der Waals surface area contributed by atoms with Gasteiger partial charge in [-0.3, -0.25) is 19.8 Å². The molecule has 0 bridgehead atoms. The van der Waals surface area contributed by atoms with Crippen LogP contribution in [0.5, 0.6) is 0 Å². The molecule has 1 aliphatic heterocycles. The van der Waals surface area contributed by atoms with Gasteiger partial charge in [-0.05, 0) is 49.4 Å². The number of hydroxylamine groups is 1. The number of likely N-dealkylation sites (N-methyl/N-ethyl adjacent to an activating group) is 1. The molecule has 0 radical (unpaired) electrons. The van der Waals surface area contributed by atoms with Crippen molar-refractivity contribution in [2.45, 2.75) is 32.6 Å². The fourth-order valence-corrected chi connectivity index (χ4v) is 3.94. The van der Waals surface area contributed by atoms with Crippen LogP contribution in [-0.2, 0) is 12.7 Å². The maximum absolute atomic E-state index is 13.5. The van der Waals surface area contributed by atoms with E-state index in [9.17, 15) is 22.8 Å². The lowest BCUT2D eigenvalue weighted by Crippen LogP contribution is -2.56. The molecule has 2 N–H and O–H groups in total. The molecule has 1 fully saturated rings. The number of carbonyl (C=O) groups excluding carboxylic acids is 2. The van der Waals surface area contributed by atoms with Crippen molar-refractivity contribution in [3.63, 3.8) is 0 Å². The van der Waals surface area contributed by atoms with E-state index in [2.05, 4.69) is 4.90 Å². The van der Waals surface area contributed by atoms with Gasteiger partial charge >= 0.3 is 12.2 Å². The second kappa shape index (κ2) is 10.2. The van der Waals surface area contributed by atoms with Gasteiger partial charge in [0.05, 0.1) is 12.1 Å². The average Bonchev–Trinajstić information content (AvgIpc) is 2.81. The number of alkyl halides is 3. The number of halogens is 3. The van der Waals surface area contributed by atoms with Crippen molar-refractivity contribution in [3.8, 4) is 0 Å². The van der Waals surface area contributed by atoms with Crippen LogP contribution in [-0.4, -0.2) is 59.2 Å². The van der Waals surface area contributed by atoms with Crippen LogP contribution in [0.4, 0.5) is 23.7 Å². The molecule has 2 aromatic rings. The number of anilines is 1. The van der Waals surface area contributed by atoms with Gasteiger partial charge in [-0.2, -0.15) is 13.2 Å². The maximum atomic E-state index is 13.5. The molecule has 0 saturated carbocycles. The monoisotopic (exact) mass is 464 g/mol. The number of urea groups is 1. The Hall–Kier alpha value is -3.11. The van der Waals surface area contributed by atoms with Gasteiger partial charge in [0.15, 0.2) is 0 Å². The van der Waals surface area contributed by atoms with Gasteiger partial charge in [-0.1, -0.05) is 25.1 Å². The van der Waals surface area contributed by atoms with E-state index in [0.717, 1.165) is 18.7 Å². The zero-order valence-electron chi connectivity index (χ0n) is 18.5. The fraction of sp³-hybridized carbons (Fsp3) is 0.391. The Labute approximate surface area is 190 Å². The molecule has 1 heterocycles. The highest BCUT2D eigenvalue weighted by Crippen LogP contribution is 2.32. The number of hydrogen-bond donors (Lipinski definition) is 2. The fourth-order valence-electron chi connectivity index (χ4n) is 3.94. The molecule has 1 aliphatic rings. The van der Waals surface area contributed by atoms with E-state index < -0.39 is 17.6 Å². The van der Waals surface area contributed by atoms with Crippen molar-refractivity contribution >= 4 is 17.6 Å². The molecule has 3 rings (SSSR count). The summed E-state index contributed by atoms with van der Waals surface area (Å²) in [6, 6.07) is 10.6. The van der Waals surface area contributed by atoms with E-state index in [1.54, 1.807) is 22.5 Å². The third kappa shape index (κ3) is 5.82. The Kier molecular flexibility index (Phi) is 7.60. The van der Waals surface area contributed by atoms with Crippen molar-refractivity contribution in [2.24, 2.45) is 0 Å². The zero-order chi connectivity index (χ0) is 24.2. The quantitative estimate of drug-likeness (QED) is 0.519. The normalized spacial score (nSPS) is 17.0. The molecule has 1 saturated heterocycles. The van der Waals surface area contributed by atoms with Crippen molar-refractivity contribution in [1.82, 2.24) is 15.3 Å². The first-order valence-corrected chi connectivity index (χ1v) is 10.6. The Balaban J connectivity index is 1.91. The number of carbonyl (C=O) groups is 2. The second-order valence-electron chi connectivity index (χ2n) is 7.98. The van der Waals surface area contributed by atoms with Crippen molar-refractivity contribution in [3.05, 3.63) is 65.2 Å². The number of amides is 3. The van der Waals surface area contributed by atoms with Crippen LogP contribution in [0.1, 0.15) is 35.3 Å². The van der Waals surface area contributed by atoms with Crippen LogP contribution < -0.4 is 10.4 Å². The Morgan fingerprint density at radius 1 is 1.15 bits per heavy atom. The summed E-state index contributed by atoms with van der Waals surface area (Å²) < 4.78 is 40.0. The number of rotatable bonds is 5. The highest BCUT2D eigenvalue weighted by atomic mass is 19.4. The van der Waals surface area contributed by atoms with Gasteiger partial charge in [0, 0.05) is 36.9 Å². The Morgan fingerprint density at radius 3 is 2.42 bits per heavy atom. The molecule has 0 unspecified atom stereocenters. The van der Waals surface area contributed by atoms with Gasteiger partial charge in [0.2, 0.25) is 0 Å². The highest BCUT2D eigenvalue weighted by molar-refractivity contribution is 5.94. The summed E-state index contributed by atoms with van der Waals surface area (Å²) in [6.07, 6.45) is -4.54. The molecule has 1 atom stereocenters. The predicted molar refractivity (Wildman–Crippen MR) is 117 cm³/mol. The molecule has 10 heteroatoms. The molecule has 0 aliphatic carbocycles. The summed E-state index contributed by atoms with van der Waals surface area (Å²) in [5.41, 5.74) is 1.67. The third-order valence-electron chi connectivity index (χ3n) is 5.82. The smallest absolute Gasteiger partial charge is 0.322 e. The Bertz CT molecular complexity index is 982. The van der Waals surface area contributed by atoms with Crippen molar-refractivity contribution in [2.75, 3.05) is 31.1 Å². The molecule has 33 heavy (non-hydrogen) atoms. The minimum Gasteiger partial charge on any atom is -0.322 e. The number of hydrogen-bond acceptors (Lipinski definition) is 4. The van der Waals surface area contributed by atoms with Crippen LogP contribution in [0.25, 0.3) is 0 Å². The molecule has 2 aromatic carbocycles. The van der Waals surface area contributed by atoms with Gasteiger partial charge in [0.1, 0.15) is 0 Å². The summed E-state index contributed by atoms with van der Waals surface area (Å²) in [5.74, 6) is -0.685. The standard InChI is InChI=1S/C23H27F3N4O3/c1-3-28-11-12-29(14-16(28)2)22(32)30(20-6-4-5-19(13-20)23(24,25)26)15-17-7-9-18(10-8-17)21(31)27-33/h4-10,13,16,33H,3,11-12,14-15H2,1-2H3,(H,27,31)/t16-/m0/s1.